The number of hydrogen-bond donors (Lipinski definition) is 1. The molecule has 0 spiro atoms. The summed E-state index contributed by atoms with van der Waals surface area (Å²) in [5.74, 6) is 0.688. The van der Waals surface area contributed by atoms with E-state index in [-0.39, 0.29) is 0 Å². The molecule has 3 rings (SSSR count). The molecule has 2 atom stereocenters. The van der Waals surface area contributed by atoms with Crippen LogP contribution in [0.5, 0.6) is 0 Å². The van der Waals surface area contributed by atoms with Crippen LogP contribution in [-0.4, -0.2) is 24.0 Å². The Kier molecular flexibility index (Phi) is 4.73. The zero-order valence-corrected chi connectivity index (χ0v) is 13.5. The van der Waals surface area contributed by atoms with E-state index in [2.05, 4.69) is 52.9 Å². The Hall–Kier alpha value is -1.16. The Labute approximate surface area is 131 Å². The molecule has 2 unspecified atom stereocenters. The number of hydrogen-bond acceptors (Lipinski definition) is 3. The van der Waals surface area contributed by atoms with Crippen LogP contribution in [0.1, 0.15) is 23.1 Å². The second-order valence-corrected chi connectivity index (χ2v) is 7.16. The van der Waals surface area contributed by atoms with Crippen molar-refractivity contribution in [2.75, 3.05) is 13.1 Å². The lowest BCUT2D eigenvalue weighted by molar-refractivity contribution is 0.149. The van der Waals surface area contributed by atoms with Gasteiger partial charge in [-0.2, -0.15) is 11.3 Å². The predicted octanol–water partition coefficient (Wildman–Crippen LogP) is 3.45. The highest BCUT2D eigenvalue weighted by molar-refractivity contribution is 7.07. The zero-order valence-electron chi connectivity index (χ0n) is 12.7. The lowest BCUT2D eigenvalue weighted by Gasteiger charge is -2.36. The van der Waals surface area contributed by atoms with Crippen molar-refractivity contribution in [3.8, 4) is 0 Å². The third-order valence-corrected chi connectivity index (χ3v) is 4.97. The molecule has 112 valence electrons. The molecule has 0 amide bonds. The van der Waals surface area contributed by atoms with E-state index in [0.717, 1.165) is 26.1 Å². The molecular weight excluding hydrogens is 276 g/mol. The quantitative estimate of drug-likeness (QED) is 0.937. The second-order valence-electron chi connectivity index (χ2n) is 6.38. The number of nitrogens with two attached hydrogens (primary N) is 1. The number of likely N-dealkylation sites (tertiary alicyclic amines) is 1. The van der Waals surface area contributed by atoms with Gasteiger partial charge in [-0.05, 0) is 53.6 Å². The fourth-order valence-corrected chi connectivity index (χ4v) is 4.12. The summed E-state index contributed by atoms with van der Waals surface area (Å²) in [5, 5.41) is 4.44. The summed E-state index contributed by atoms with van der Waals surface area (Å²) >= 11 is 1.79. The highest BCUT2D eigenvalue weighted by Gasteiger charge is 2.25. The minimum atomic E-state index is 0.312. The first-order valence-electron chi connectivity index (χ1n) is 7.73. The SMILES string of the molecule is Cc1cccc(CN2CC(N)CC(Cc3ccsc3)C2)c1. The topological polar surface area (TPSA) is 29.3 Å². The molecule has 1 aromatic heterocycles. The predicted molar refractivity (Wildman–Crippen MR) is 90.6 cm³/mol. The van der Waals surface area contributed by atoms with Crippen molar-refractivity contribution in [1.82, 2.24) is 4.90 Å². The van der Waals surface area contributed by atoms with Gasteiger partial charge in [0, 0.05) is 25.7 Å². The molecule has 2 N–H and O–H groups in total. The van der Waals surface area contributed by atoms with Gasteiger partial charge in [-0.25, -0.2) is 0 Å². The molecule has 2 aromatic rings. The summed E-state index contributed by atoms with van der Waals surface area (Å²) in [6.45, 7) is 5.37. The van der Waals surface area contributed by atoms with Gasteiger partial charge in [0.25, 0.3) is 0 Å². The van der Waals surface area contributed by atoms with Gasteiger partial charge in [-0.3, -0.25) is 4.90 Å². The lowest BCUT2D eigenvalue weighted by atomic mass is 9.89. The molecule has 1 aromatic carbocycles. The first kappa shape index (κ1) is 14.8. The molecule has 0 bridgehead atoms. The van der Waals surface area contributed by atoms with E-state index in [9.17, 15) is 0 Å². The second kappa shape index (κ2) is 6.73. The van der Waals surface area contributed by atoms with Gasteiger partial charge in [-0.15, -0.1) is 0 Å². The zero-order chi connectivity index (χ0) is 14.7. The van der Waals surface area contributed by atoms with Crippen LogP contribution in [0, 0.1) is 12.8 Å². The minimum Gasteiger partial charge on any atom is -0.327 e. The average molecular weight is 300 g/mol. The van der Waals surface area contributed by atoms with E-state index < -0.39 is 0 Å². The molecule has 2 heterocycles. The fourth-order valence-electron chi connectivity index (χ4n) is 3.44. The van der Waals surface area contributed by atoms with E-state index in [1.165, 1.54) is 23.1 Å². The Bertz CT molecular complexity index is 564. The van der Waals surface area contributed by atoms with Crippen LogP contribution in [0.4, 0.5) is 0 Å². The van der Waals surface area contributed by atoms with Crippen LogP contribution >= 0.6 is 11.3 Å². The summed E-state index contributed by atoms with van der Waals surface area (Å²) in [7, 11) is 0. The largest absolute Gasteiger partial charge is 0.327 e. The van der Waals surface area contributed by atoms with Crippen LogP contribution in [0.15, 0.2) is 41.1 Å². The summed E-state index contributed by atoms with van der Waals surface area (Å²) < 4.78 is 0. The standard InChI is InChI=1S/C18H24N2S/c1-14-3-2-4-15(7-14)10-20-11-17(9-18(19)12-20)8-16-5-6-21-13-16/h2-7,13,17-18H,8-12,19H2,1H3. The number of benzene rings is 1. The van der Waals surface area contributed by atoms with Gasteiger partial charge >= 0.3 is 0 Å². The number of aryl methyl sites for hydroxylation is 1. The number of thiophene rings is 1. The van der Waals surface area contributed by atoms with Gasteiger partial charge in [0.1, 0.15) is 0 Å². The van der Waals surface area contributed by atoms with Crippen LogP contribution in [0.2, 0.25) is 0 Å². The molecular formula is C18H24N2S. The van der Waals surface area contributed by atoms with Crippen LogP contribution < -0.4 is 5.73 Å². The Morgan fingerprint density at radius 3 is 2.90 bits per heavy atom. The third-order valence-electron chi connectivity index (χ3n) is 4.24. The molecule has 1 aliphatic rings. The van der Waals surface area contributed by atoms with Crippen LogP contribution in [0.3, 0.4) is 0 Å². The van der Waals surface area contributed by atoms with Gasteiger partial charge in [0.15, 0.2) is 0 Å². The molecule has 3 heteroatoms. The number of piperidine rings is 1. The molecule has 1 fully saturated rings. The Morgan fingerprint density at radius 2 is 2.14 bits per heavy atom. The van der Waals surface area contributed by atoms with E-state index in [0.29, 0.717) is 12.0 Å². The highest BCUT2D eigenvalue weighted by Crippen LogP contribution is 2.23. The van der Waals surface area contributed by atoms with Crippen molar-refractivity contribution < 1.29 is 0 Å². The van der Waals surface area contributed by atoms with Crippen molar-refractivity contribution in [2.45, 2.75) is 32.4 Å². The maximum absolute atomic E-state index is 6.29. The van der Waals surface area contributed by atoms with Gasteiger partial charge in [-0.1, -0.05) is 29.8 Å². The lowest BCUT2D eigenvalue weighted by Crippen LogP contribution is -2.47. The van der Waals surface area contributed by atoms with E-state index in [1.54, 1.807) is 11.3 Å². The number of rotatable bonds is 4. The summed E-state index contributed by atoms with van der Waals surface area (Å²) in [4.78, 5) is 2.53. The van der Waals surface area contributed by atoms with E-state index in [1.807, 2.05) is 0 Å². The normalized spacial score (nSPS) is 23.3. The average Bonchev–Trinajstić information content (AvgIpc) is 2.90. The smallest absolute Gasteiger partial charge is 0.0234 e. The third kappa shape index (κ3) is 4.16. The highest BCUT2D eigenvalue weighted by atomic mass is 32.1. The Balaban J connectivity index is 1.62. The number of nitrogens with zero attached hydrogens (tertiary/aromatic N) is 1. The fraction of sp³-hybridized carbons (Fsp3) is 0.444. The van der Waals surface area contributed by atoms with Gasteiger partial charge in [0.05, 0.1) is 0 Å². The van der Waals surface area contributed by atoms with Crippen LogP contribution in [-0.2, 0) is 13.0 Å². The summed E-state index contributed by atoms with van der Waals surface area (Å²) in [6, 6.07) is 11.4. The van der Waals surface area contributed by atoms with Crippen molar-refractivity contribution >= 4 is 11.3 Å². The summed E-state index contributed by atoms with van der Waals surface area (Å²) in [5.41, 5.74) is 10.5. The molecule has 21 heavy (non-hydrogen) atoms. The monoisotopic (exact) mass is 300 g/mol. The molecule has 0 aliphatic carbocycles. The van der Waals surface area contributed by atoms with Gasteiger partial charge < -0.3 is 5.73 Å². The Morgan fingerprint density at radius 1 is 1.24 bits per heavy atom. The maximum Gasteiger partial charge on any atom is 0.0234 e. The van der Waals surface area contributed by atoms with Gasteiger partial charge in [0.2, 0.25) is 0 Å². The van der Waals surface area contributed by atoms with E-state index >= 15 is 0 Å². The maximum atomic E-state index is 6.29. The van der Waals surface area contributed by atoms with Crippen molar-refractivity contribution in [3.05, 3.63) is 57.8 Å². The first-order valence-corrected chi connectivity index (χ1v) is 8.68. The minimum absolute atomic E-state index is 0.312. The molecule has 2 nitrogen and oxygen atoms in total. The molecule has 1 saturated heterocycles. The molecule has 1 aliphatic heterocycles. The molecule has 0 saturated carbocycles. The van der Waals surface area contributed by atoms with Crippen molar-refractivity contribution in [2.24, 2.45) is 11.7 Å². The van der Waals surface area contributed by atoms with Crippen molar-refractivity contribution in [3.63, 3.8) is 0 Å². The van der Waals surface area contributed by atoms with Crippen molar-refractivity contribution in [1.29, 1.82) is 0 Å². The summed E-state index contributed by atoms with van der Waals surface area (Å²) in [6.07, 6.45) is 2.32. The van der Waals surface area contributed by atoms with E-state index in [4.69, 9.17) is 5.73 Å². The molecule has 0 radical (unpaired) electrons. The first-order chi connectivity index (χ1) is 10.2. The van der Waals surface area contributed by atoms with Crippen LogP contribution in [0.25, 0.3) is 0 Å².